The van der Waals surface area contributed by atoms with Gasteiger partial charge < -0.3 is 4.57 Å². The van der Waals surface area contributed by atoms with Gasteiger partial charge in [0.25, 0.3) is 0 Å². The molecule has 1 unspecified atom stereocenters. The number of nitrogens with zero attached hydrogens (tertiary/aromatic N) is 4. The molecule has 0 radical (unpaired) electrons. The fourth-order valence-electron chi connectivity index (χ4n) is 4.53. The molecule has 1 fully saturated rings. The van der Waals surface area contributed by atoms with E-state index >= 15 is 0 Å². The summed E-state index contributed by atoms with van der Waals surface area (Å²) in [6.45, 7) is -0.392. The number of aromatic nitrogens is 3. The van der Waals surface area contributed by atoms with Crippen molar-refractivity contribution >= 4 is 44.0 Å². The van der Waals surface area contributed by atoms with E-state index in [0.29, 0.717) is 9.33 Å². The molecule has 1 atom stereocenters. The molecule has 35 heavy (non-hydrogen) atoms. The summed E-state index contributed by atoms with van der Waals surface area (Å²) in [6.07, 6.45) is 3.96. The van der Waals surface area contributed by atoms with Crippen LogP contribution in [0.3, 0.4) is 0 Å². The van der Waals surface area contributed by atoms with Gasteiger partial charge in [0.15, 0.2) is 0 Å². The van der Waals surface area contributed by atoms with Crippen molar-refractivity contribution in [3.8, 4) is 0 Å². The predicted molar refractivity (Wildman–Crippen MR) is 129 cm³/mol. The van der Waals surface area contributed by atoms with Gasteiger partial charge in [-0.05, 0) is 48.2 Å². The summed E-state index contributed by atoms with van der Waals surface area (Å²) >= 11 is 7.64. The SMILES string of the molecule is O=S(=O)(N1CCC(n2cnc3ccc(C(c4ccc(Cl)cc4)c4nccs4)cc32)CC1)C(F)(F)F. The maximum atomic E-state index is 12.9. The van der Waals surface area contributed by atoms with E-state index in [1.54, 1.807) is 23.9 Å². The second kappa shape index (κ2) is 9.20. The summed E-state index contributed by atoms with van der Waals surface area (Å²) in [4.78, 5) is 9.00. The second-order valence-electron chi connectivity index (χ2n) is 8.34. The molecule has 12 heteroatoms. The van der Waals surface area contributed by atoms with Gasteiger partial charge in [-0.25, -0.2) is 18.4 Å². The minimum Gasteiger partial charge on any atom is -0.327 e. The van der Waals surface area contributed by atoms with Crippen molar-refractivity contribution in [1.82, 2.24) is 18.8 Å². The van der Waals surface area contributed by atoms with Crippen LogP contribution in [0.15, 0.2) is 60.4 Å². The van der Waals surface area contributed by atoms with Gasteiger partial charge in [-0.1, -0.05) is 29.8 Å². The molecule has 0 bridgehead atoms. The van der Waals surface area contributed by atoms with Crippen molar-refractivity contribution in [3.05, 3.63) is 81.5 Å². The molecule has 0 N–H and O–H groups in total. The molecule has 0 spiro atoms. The molecule has 2 aromatic heterocycles. The first-order valence-corrected chi connectivity index (χ1v) is 13.5. The third-order valence-corrected chi connectivity index (χ3v) is 9.01. The van der Waals surface area contributed by atoms with Gasteiger partial charge in [0.05, 0.1) is 23.3 Å². The first kappa shape index (κ1) is 24.2. The Balaban J connectivity index is 1.47. The highest BCUT2D eigenvalue weighted by Gasteiger charge is 2.50. The highest BCUT2D eigenvalue weighted by molar-refractivity contribution is 7.90. The standard InChI is InChI=1S/C23H20ClF3N4O2S2/c24-17-4-1-15(2-5-17)21(22-28-9-12-34-22)16-3-6-19-20(13-16)31(14-29-19)18-7-10-30(11-8-18)35(32,33)23(25,26)27/h1-6,9,12-14,18,21H,7-8,10-11H2. The van der Waals surface area contributed by atoms with Gasteiger partial charge in [-0.3, -0.25) is 0 Å². The van der Waals surface area contributed by atoms with Crippen molar-refractivity contribution in [2.24, 2.45) is 0 Å². The third-order valence-electron chi connectivity index (χ3n) is 6.28. The molecule has 184 valence electrons. The summed E-state index contributed by atoms with van der Waals surface area (Å²) in [7, 11) is -5.32. The zero-order valence-corrected chi connectivity index (χ0v) is 20.6. The number of piperidine rings is 1. The lowest BCUT2D eigenvalue weighted by Gasteiger charge is -2.32. The van der Waals surface area contributed by atoms with Crippen molar-refractivity contribution in [2.75, 3.05) is 13.1 Å². The molecule has 6 nitrogen and oxygen atoms in total. The van der Waals surface area contributed by atoms with Crippen molar-refractivity contribution < 1.29 is 21.6 Å². The average molecular weight is 541 g/mol. The Hall–Kier alpha value is -2.47. The van der Waals surface area contributed by atoms with Crippen LogP contribution in [-0.4, -0.2) is 45.9 Å². The molecular weight excluding hydrogens is 521 g/mol. The molecular formula is C23H20ClF3N4O2S2. The Morgan fingerprint density at radius 1 is 1.03 bits per heavy atom. The van der Waals surface area contributed by atoms with Gasteiger partial charge >= 0.3 is 15.5 Å². The number of hydrogen-bond acceptors (Lipinski definition) is 5. The lowest BCUT2D eigenvalue weighted by Crippen LogP contribution is -2.45. The van der Waals surface area contributed by atoms with E-state index in [2.05, 4.69) is 9.97 Å². The molecule has 0 saturated carbocycles. The summed E-state index contributed by atoms with van der Waals surface area (Å²) < 4.78 is 64.8. The van der Waals surface area contributed by atoms with Crippen LogP contribution < -0.4 is 0 Å². The molecule has 4 aromatic rings. The van der Waals surface area contributed by atoms with E-state index in [0.717, 1.165) is 27.2 Å². The smallest absolute Gasteiger partial charge is 0.327 e. The summed E-state index contributed by atoms with van der Waals surface area (Å²) in [5.74, 6) is -0.126. The largest absolute Gasteiger partial charge is 0.511 e. The van der Waals surface area contributed by atoms with E-state index < -0.39 is 15.5 Å². The van der Waals surface area contributed by atoms with E-state index in [-0.39, 0.29) is 37.9 Å². The van der Waals surface area contributed by atoms with E-state index in [1.807, 2.05) is 52.4 Å². The number of benzene rings is 2. The van der Waals surface area contributed by atoms with Gasteiger partial charge in [-0.2, -0.15) is 17.5 Å². The van der Waals surface area contributed by atoms with Gasteiger partial charge in [-0.15, -0.1) is 11.3 Å². The Morgan fingerprint density at radius 3 is 2.34 bits per heavy atom. The van der Waals surface area contributed by atoms with Gasteiger partial charge in [0.1, 0.15) is 5.01 Å². The highest BCUT2D eigenvalue weighted by atomic mass is 35.5. The number of sulfonamides is 1. The van der Waals surface area contributed by atoms with Crippen LogP contribution >= 0.6 is 22.9 Å². The predicted octanol–water partition coefficient (Wildman–Crippen LogP) is 5.81. The van der Waals surface area contributed by atoms with Crippen LogP contribution in [0.1, 0.15) is 40.9 Å². The van der Waals surface area contributed by atoms with Gasteiger partial charge in [0, 0.05) is 35.7 Å². The van der Waals surface area contributed by atoms with Crippen molar-refractivity contribution in [2.45, 2.75) is 30.3 Å². The molecule has 2 aromatic carbocycles. The van der Waals surface area contributed by atoms with Crippen LogP contribution in [0.2, 0.25) is 5.02 Å². The molecule has 1 aliphatic heterocycles. The fourth-order valence-corrected chi connectivity index (χ4v) is 6.43. The molecule has 1 aliphatic rings. The number of hydrogen-bond donors (Lipinski definition) is 0. The Morgan fingerprint density at radius 2 is 1.71 bits per heavy atom. The minimum absolute atomic E-state index is 0.126. The number of alkyl halides is 3. The molecule has 1 saturated heterocycles. The minimum atomic E-state index is -5.32. The maximum Gasteiger partial charge on any atom is 0.511 e. The molecule has 0 amide bonds. The lowest BCUT2D eigenvalue weighted by molar-refractivity contribution is -0.0496. The molecule has 0 aliphatic carbocycles. The van der Waals surface area contributed by atoms with Crippen LogP contribution in [-0.2, 0) is 10.0 Å². The average Bonchev–Trinajstić information content (AvgIpc) is 3.50. The second-order valence-corrected chi connectivity index (χ2v) is 11.6. The normalized spacial score (nSPS) is 17.1. The van der Waals surface area contributed by atoms with Crippen LogP contribution in [0.4, 0.5) is 13.2 Å². The van der Waals surface area contributed by atoms with Gasteiger partial charge in [0.2, 0.25) is 0 Å². The van der Waals surface area contributed by atoms with Crippen molar-refractivity contribution in [1.29, 1.82) is 0 Å². The number of imidazole rings is 1. The first-order chi connectivity index (χ1) is 16.6. The summed E-state index contributed by atoms with van der Waals surface area (Å²) in [5.41, 5.74) is -1.67. The zero-order valence-electron chi connectivity index (χ0n) is 18.2. The van der Waals surface area contributed by atoms with Crippen LogP contribution in [0, 0.1) is 0 Å². The fraction of sp³-hybridized carbons (Fsp3) is 0.304. The van der Waals surface area contributed by atoms with Crippen LogP contribution in [0.5, 0.6) is 0 Å². The maximum absolute atomic E-state index is 12.9. The third kappa shape index (κ3) is 4.57. The topological polar surface area (TPSA) is 68.1 Å². The number of rotatable bonds is 5. The number of halogens is 4. The summed E-state index contributed by atoms with van der Waals surface area (Å²) in [5, 5.41) is 3.48. The Labute approximate surface area is 209 Å². The Kier molecular flexibility index (Phi) is 6.37. The number of fused-ring (bicyclic) bond motifs is 1. The molecule has 5 rings (SSSR count). The zero-order chi connectivity index (χ0) is 24.8. The first-order valence-electron chi connectivity index (χ1n) is 10.8. The van der Waals surface area contributed by atoms with E-state index in [4.69, 9.17) is 11.6 Å². The van der Waals surface area contributed by atoms with E-state index in [1.165, 1.54) is 0 Å². The lowest BCUT2D eigenvalue weighted by atomic mass is 9.91. The highest BCUT2D eigenvalue weighted by Crippen LogP contribution is 2.37. The number of thiazole rings is 1. The van der Waals surface area contributed by atoms with Crippen molar-refractivity contribution in [3.63, 3.8) is 0 Å². The summed E-state index contributed by atoms with van der Waals surface area (Å²) in [6, 6.07) is 13.4. The van der Waals surface area contributed by atoms with E-state index in [9.17, 15) is 21.6 Å². The Bertz CT molecular complexity index is 1430. The quantitative estimate of drug-likeness (QED) is 0.320. The monoisotopic (exact) mass is 540 g/mol. The molecule has 3 heterocycles. The van der Waals surface area contributed by atoms with Crippen LogP contribution in [0.25, 0.3) is 11.0 Å².